The van der Waals surface area contributed by atoms with Gasteiger partial charge >= 0.3 is 0 Å². The van der Waals surface area contributed by atoms with Crippen molar-refractivity contribution in [2.45, 2.75) is 31.7 Å². The average Bonchev–Trinajstić information content (AvgIpc) is 2.59. The molecule has 7 heteroatoms. The minimum Gasteiger partial charge on any atom is -0.470 e. The number of hydrogen-bond donors (Lipinski definition) is 1. The summed E-state index contributed by atoms with van der Waals surface area (Å²) < 4.78 is 10.9. The summed E-state index contributed by atoms with van der Waals surface area (Å²) in [7, 11) is 1.48. The molecular weight excluding hydrogens is 350 g/mol. The van der Waals surface area contributed by atoms with Gasteiger partial charge in [0.05, 0.1) is 18.2 Å². The van der Waals surface area contributed by atoms with Crippen LogP contribution in [0.25, 0.3) is 10.9 Å². The Labute approximate surface area is 157 Å². The lowest BCUT2D eigenvalue weighted by Gasteiger charge is -2.25. The molecule has 0 aliphatic carbocycles. The Balaban J connectivity index is 2.23. The van der Waals surface area contributed by atoms with Crippen LogP contribution in [0.5, 0.6) is 5.75 Å². The lowest BCUT2D eigenvalue weighted by atomic mass is 10.1. The van der Waals surface area contributed by atoms with Gasteiger partial charge in [-0.2, -0.15) is 5.26 Å². The van der Waals surface area contributed by atoms with Crippen molar-refractivity contribution in [3.8, 4) is 11.8 Å². The highest BCUT2D eigenvalue weighted by Crippen LogP contribution is 2.26. The van der Waals surface area contributed by atoms with Gasteiger partial charge in [0.1, 0.15) is 11.3 Å². The number of ether oxygens (including phenoxy) is 2. The molecule has 0 saturated heterocycles. The SMILES string of the molecule is COCC(C)(C#N)NC(=O)C(Oc1cc(C)c2ncc(C)cc2c1)SC. The summed E-state index contributed by atoms with van der Waals surface area (Å²) in [6.45, 7) is 5.64. The van der Waals surface area contributed by atoms with Gasteiger partial charge in [0.25, 0.3) is 5.91 Å². The van der Waals surface area contributed by atoms with E-state index in [1.165, 1.54) is 18.9 Å². The molecule has 0 spiro atoms. The maximum Gasteiger partial charge on any atom is 0.273 e. The number of fused-ring (bicyclic) bond motifs is 1. The van der Waals surface area contributed by atoms with E-state index in [2.05, 4.69) is 16.4 Å². The first-order valence-corrected chi connectivity index (χ1v) is 9.39. The fourth-order valence-electron chi connectivity index (χ4n) is 2.62. The van der Waals surface area contributed by atoms with Gasteiger partial charge in [0.2, 0.25) is 5.44 Å². The molecule has 2 atom stereocenters. The Morgan fingerprint density at radius 2 is 2.15 bits per heavy atom. The number of aromatic nitrogens is 1. The van der Waals surface area contributed by atoms with E-state index in [-0.39, 0.29) is 12.5 Å². The van der Waals surface area contributed by atoms with Gasteiger partial charge in [-0.3, -0.25) is 9.78 Å². The number of nitrogens with one attached hydrogen (secondary N) is 1. The van der Waals surface area contributed by atoms with Crippen molar-refractivity contribution in [3.05, 3.63) is 35.5 Å². The van der Waals surface area contributed by atoms with Crippen molar-refractivity contribution in [3.63, 3.8) is 0 Å². The zero-order valence-electron chi connectivity index (χ0n) is 15.6. The molecule has 1 aromatic heterocycles. The zero-order valence-corrected chi connectivity index (χ0v) is 16.4. The third-order valence-corrected chi connectivity index (χ3v) is 4.57. The lowest BCUT2D eigenvalue weighted by Crippen LogP contribution is -2.52. The van der Waals surface area contributed by atoms with E-state index in [1.807, 2.05) is 38.2 Å². The summed E-state index contributed by atoms with van der Waals surface area (Å²) in [6, 6.07) is 7.83. The second kappa shape index (κ2) is 8.39. The molecule has 1 N–H and O–H groups in total. The first-order chi connectivity index (χ1) is 12.3. The van der Waals surface area contributed by atoms with Crippen molar-refractivity contribution >= 4 is 28.6 Å². The third-order valence-electron chi connectivity index (χ3n) is 3.83. The quantitative estimate of drug-likeness (QED) is 0.751. The highest BCUT2D eigenvalue weighted by Gasteiger charge is 2.30. The zero-order chi connectivity index (χ0) is 19.3. The van der Waals surface area contributed by atoms with E-state index >= 15 is 0 Å². The molecule has 0 saturated carbocycles. The number of carbonyl (C=O) groups excluding carboxylic acids is 1. The van der Waals surface area contributed by atoms with Crippen LogP contribution in [0.4, 0.5) is 0 Å². The predicted molar refractivity (Wildman–Crippen MR) is 103 cm³/mol. The van der Waals surface area contributed by atoms with Gasteiger partial charge in [0.15, 0.2) is 0 Å². The first kappa shape index (κ1) is 20.0. The Morgan fingerprint density at radius 1 is 1.42 bits per heavy atom. The number of benzene rings is 1. The molecule has 6 nitrogen and oxygen atoms in total. The number of nitrogens with zero attached hydrogens (tertiary/aromatic N) is 2. The van der Waals surface area contributed by atoms with Crippen molar-refractivity contribution in [1.29, 1.82) is 5.26 Å². The van der Waals surface area contributed by atoms with Gasteiger partial charge in [-0.25, -0.2) is 0 Å². The molecule has 1 aromatic carbocycles. The van der Waals surface area contributed by atoms with E-state index in [0.717, 1.165) is 22.0 Å². The van der Waals surface area contributed by atoms with Crippen LogP contribution in [-0.2, 0) is 9.53 Å². The van der Waals surface area contributed by atoms with Gasteiger partial charge in [-0.05, 0) is 56.4 Å². The third kappa shape index (κ3) is 4.65. The van der Waals surface area contributed by atoms with Crippen molar-refractivity contribution in [1.82, 2.24) is 10.3 Å². The summed E-state index contributed by atoms with van der Waals surface area (Å²) in [5.41, 5.74) is 1.04. The number of hydrogen-bond acceptors (Lipinski definition) is 6. The standard InChI is InChI=1S/C19H23N3O3S/c1-12-6-14-8-15(7-13(2)16(14)21-9-12)25-18(26-5)17(23)22-19(3,10-20)11-24-4/h6-9,18H,11H2,1-5H3,(H,22,23). The molecule has 1 amide bonds. The molecule has 0 aliphatic rings. The van der Waals surface area contributed by atoms with Crippen molar-refractivity contribution < 1.29 is 14.3 Å². The van der Waals surface area contributed by atoms with Crippen LogP contribution in [-0.4, -0.2) is 41.8 Å². The van der Waals surface area contributed by atoms with E-state index in [4.69, 9.17) is 9.47 Å². The number of methoxy groups -OCH3 is 1. The lowest BCUT2D eigenvalue weighted by molar-refractivity contribution is -0.126. The van der Waals surface area contributed by atoms with Crippen LogP contribution in [0.15, 0.2) is 24.4 Å². The second-order valence-electron chi connectivity index (χ2n) is 6.38. The molecule has 138 valence electrons. The number of carbonyl (C=O) groups is 1. The minimum absolute atomic E-state index is 0.0936. The van der Waals surface area contributed by atoms with E-state index < -0.39 is 11.0 Å². The first-order valence-electron chi connectivity index (χ1n) is 8.10. The average molecular weight is 373 g/mol. The largest absolute Gasteiger partial charge is 0.470 e. The van der Waals surface area contributed by atoms with Crippen LogP contribution in [0, 0.1) is 25.2 Å². The maximum atomic E-state index is 12.6. The Kier molecular flexibility index (Phi) is 6.46. The molecule has 0 bridgehead atoms. The van der Waals surface area contributed by atoms with E-state index in [0.29, 0.717) is 5.75 Å². The maximum absolute atomic E-state index is 12.6. The number of thioether (sulfide) groups is 1. The highest BCUT2D eigenvalue weighted by atomic mass is 32.2. The van der Waals surface area contributed by atoms with Crippen LogP contribution < -0.4 is 10.1 Å². The molecule has 1 heterocycles. The fraction of sp³-hybridized carbons (Fsp3) is 0.421. The van der Waals surface area contributed by atoms with Crippen molar-refractivity contribution in [2.75, 3.05) is 20.0 Å². The Morgan fingerprint density at radius 3 is 2.77 bits per heavy atom. The Hall–Kier alpha value is -2.30. The van der Waals surface area contributed by atoms with Crippen LogP contribution >= 0.6 is 11.8 Å². The summed E-state index contributed by atoms with van der Waals surface area (Å²) in [6.07, 6.45) is 3.61. The van der Waals surface area contributed by atoms with Crippen LogP contribution in [0.3, 0.4) is 0 Å². The molecular formula is C19H23N3O3S. The summed E-state index contributed by atoms with van der Waals surface area (Å²) >= 11 is 1.26. The van der Waals surface area contributed by atoms with E-state index in [9.17, 15) is 10.1 Å². The molecule has 2 aromatic rings. The van der Waals surface area contributed by atoms with E-state index in [1.54, 1.807) is 13.2 Å². The van der Waals surface area contributed by atoms with Crippen LogP contribution in [0.1, 0.15) is 18.1 Å². The van der Waals surface area contributed by atoms with Crippen molar-refractivity contribution in [2.24, 2.45) is 0 Å². The van der Waals surface area contributed by atoms with Gasteiger partial charge in [-0.1, -0.05) is 0 Å². The number of amides is 1. The fourth-order valence-corrected chi connectivity index (χ4v) is 3.10. The molecule has 0 radical (unpaired) electrons. The molecule has 2 rings (SSSR count). The number of rotatable bonds is 7. The number of aryl methyl sites for hydroxylation is 2. The minimum atomic E-state index is -1.11. The highest BCUT2D eigenvalue weighted by molar-refractivity contribution is 7.99. The summed E-state index contributed by atoms with van der Waals surface area (Å²) in [5, 5.41) is 12.9. The molecule has 0 fully saturated rings. The molecule has 2 unspecified atom stereocenters. The van der Waals surface area contributed by atoms with Crippen LogP contribution in [0.2, 0.25) is 0 Å². The number of pyridine rings is 1. The summed E-state index contributed by atoms with van der Waals surface area (Å²) in [5.74, 6) is 0.209. The van der Waals surface area contributed by atoms with Gasteiger partial charge < -0.3 is 14.8 Å². The normalized spacial score (nSPS) is 14.3. The monoisotopic (exact) mass is 373 g/mol. The van der Waals surface area contributed by atoms with Gasteiger partial charge in [-0.15, -0.1) is 11.8 Å². The summed E-state index contributed by atoms with van der Waals surface area (Å²) in [4.78, 5) is 17.0. The molecule has 0 aliphatic heterocycles. The smallest absolute Gasteiger partial charge is 0.273 e. The number of nitriles is 1. The van der Waals surface area contributed by atoms with Gasteiger partial charge in [0, 0.05) is 18.7 Å². The second-order valence-corrected chi connectivity index (χ2v) is 7.28. The Bertz CT molecular complexity index is 850. The predicted octanol–water partition coefficient (Wildman–Crippen LogP) is 2.96. The molecule has 26 heavy (non-hydrogen) atoms. The topological polar surface area (TPSA) is 84.2 Å².